The molecule has 0 saturated carbocycles. The molecule has 0 aliphatic heterocycles. The maximum absolute atomic E-state index is 10.9. The summed E-state index contributed by atoms with van der Waals surface area (Å²) in [5.41, 5.74) is 0.715. The Morgan fingerprint density at radius 1 is 1.38 bits per heavy atom. The lowest BCUT2D eigenvalue weighted by Gasteiger charge is -2.06. The number of aryl methyl sites for hydroxylation is 1. The first kappa shape index (κ1) is 15.5. The first-order valence-corrected chi connectivity index (χ1v) is 7.14. The second-order valence-electron chi connectivity index (χ2n) is 4.71. The van der Waals surface area contributed by atoms with Crippen molar-refractivity contribution in [3.8, 4) is 0 Å². The second-order valence-corrected chi connectivity index (χ2v) is 5.15. The molecule has 2 rings (SSSR count). The van der Waals surface area contributed by atoms with Crippen molar-refractivity contribution in [1.29, 1.82) is 0 Å². The van der Waals surface area contributed by atoms with Gasteiger partial charge in [0, 0.05) is 42.1 Å². The quantitative estimate of drug-likeness (QED) is 0.462. The molecule has 1 aromatic heterocycles. The van der Waals surface area contributed by atoms with Crippen molar-refractivity contribution in [3.05, 3.63) is 57.6 Å². The minimum Gasteiger partial charge on any atom is -0.337 e. The van der Waals surface area contributed by atoms with Crippen LogP contribution in [0.2, 0.25) is 5.02 Å². The highest BCUT2D eigenvalue weighted by Gasteiger charge is 2.13. The molecule has 1 aromatic carbocycles. The van der Waals surface area contributed by atoms with Crippen LogP contribution >= 0.6 is 11.6 Å². The van der Waals surface area contributed by atoms with Gasteiger partial charge in [-0.25, -0.2) is 4.98 Å². The van der Waals surface area contributed by atoms with Gasteiger partial charge in [0.2, 0.25) is 0 Å². The molecule has 0 fully saturated rings. The van der Waals surface area contributed by atoms with E-state index in [1.54, 1.807) is 18.6 Å². The molecule has 0 radical (unpaired) electrons. The lowest BCUT2D eigenvalue weighted by atomic mass is 10.2. The Balaban J connectivity index is 1.73. The maximum atomic E-state index is 10.9. The van der Waals surface area contributed by atoms with Crippen molar-refractivity contribution in [3.63, 3.8) is 0 Å². The molecule has 6 nitrogen and oxygen atoms in total. The smallest absolute Gasteiger partial charge is 0.273 e. The van der Waals surface area contributed by atoms with Crippen LogP contribution in [0.5, 0.6) is 0 Å². The molecule has 0 aliphatic rings. The number of aromatic nitrogens is 2. The van der Waals surface area contributed by atoms with Crippen molar-refractivity contribution >= 4 is 17.3 Å². The number of nitrogens with one attached hydrogen (secondary N) is 1. The van der Waals surface area contributed by atoms with Crippen LogP contribution in [-0.2, 0) is 13.1 Å². The molecule has 112 valence electrons. The lowest BCUT2D eigenvalue weighted by molar-refractivity contribution is -0.385. The number of nitro benzene ring substituents is 1. The van der Waals surface area contributed by atoms with E-state index in [2.05, 4.69) is 10.3 Å². The zero-order chi connectivity index (χ0) is 15.1. The van der Waals surface area contributed by atoms with E-state index in [-0.39, 0.29) is 10.6 Å². The Morgan fingerprint density at radius 2 is 2.24 bits per heavy atom. The van der Waals surface area contributed by atoms with Gasteiger partial charge in [-0.3, -0.25) is 10.1 Å². The largest absolute Gasteiger partial charge is 0.337 e. The van der Waals surface area contributed by atoms with Crippen LogP contribution in [-0.4, -0.2) is 21.0 Å². The van der Waals surface area contributed by atoms with E-state index < -0.39 is 0 Å². The standard InChI is InChI=1S/C14H17ClN4O2/c15-13-3-4-14(19(20)21)12(9-13)10-16-5-1-2-7-18-8-6-17-11-18/h3-4,6,8-9,11,16H,1-2,5,7,10H2. The molecule has 0 bridgehead atoms. The summed E-state index contributed by atoms with van der Waals surface area (Å²) >= 11 is 5.88. The Labute approximate surface area is 127 Å². The van der Waals surface area contributed by atoms with Crippen LogP contribution in [0.3, 0.4) is 0 Å². The van der Waals surface area contributed by atoms with Crippen LogP contribution in [0.25, 0.3) is 0 Å². The van der Waals surface area contributed by atoms with Crippen molar-refractivity contribution in [2.45, 2.75) is 25.9 Å². The SMILES string of the molecule is O=[N+]([O-])c1ccc(Cl)cc1CNCCCCn1ccnc1. The van der Waals surface area contributed by atoms with Gasteiger partial charge in [-0.05, 0) is 31.5 Å². The minimum absolute atomic E-state index is 0.102. The molecule has 0 aliphatic carbocycles. The maximum Gasteiger partial charge on any atom is 0.273 e. The molecule has 0 amide bonds. The number of benzene rings is 1. The van der Waals surface area contributed by atoms with Crippen LogP contribution in [0, 0.1) is 10.1 Å². The van der Waals surface area contributed by atoms with Crippen LogP contribution in [0.15, 0.2) is 36.9 Å². The second kappa shape index (κ2) is 7.75. The fraction of sp³-hybridized carbons (Fsp3) is 0.357. The highest BCUT2D eigenvalue weighted by Crippen LogP contribution is 2.22. The molecule has 1 heterocycles. The first-order valence-electron chi connectivity index (χ1n) is 6.76. The molecule has 1 N–H and O–H groups in total. The first-order chi connectivity index (χ1) is 10.2. The summed E-state index contributed by atoms with van der Waals surface area (Å²) in [6.45, 7) is 2.18. The van der Waals surface area contributed by atoms with Gasteiger partial charge in [0.25, 0.3) is 5.69 Å². The molecule has 2 aromatic rings. The van der Waals surface area contributed by atoms with E-state index >= 15 is 0 Å². The van der Waals surface area contributed by atoms with Gasteiger partial charge in [-0.15, -0.1) is 0 Å². The topological polar surface area (TPSA) is 73.0 Å². The molecule has 0 unspecified atom stereocenters. The molecule has 0 atom stereocenters. The third kappa shape index (κ3) is 4.84. The number of hydrogen-bond donors (Lipinski definition) is 1. The number of rotatable bonds is 8. The third-order valence-corrected chi connectivity index (χ3v) is 3.37. The summed E-state index contributed by atoms with van der Waals surface area (Å²) in [5, 5.41) is 14.7. The van der Waals surface area contributed by atoms with Gasteiger partial charge in [-0.1, -0.05) is 11.6 Å². The van der Waals surface area contributed by atoms with Gasteiger partial charge in [0.05, 0.1) is 11.3 Å². The highest BCUT2D eigenvalue weighted by molar-refractivity contribution is 6.30. The number of nitrogens with zero attached hydrogens (tertiary/aromatic N) is 3. The monoisotopic (exact) mass is 308 g/mol. The summed E-state index contributed by atoms with van der Waals surface area (Å²) < 4.78 is 2.03. The molecule has 21 heavy (non-hydrogen) atoms. The third-order valence-electron chi connectivity index (χ3n) is 3.13. The normalized spacial score (nSPS) is 10.7. The molecule has 0 saturated heterocycles. The van der Waals surface area contributed by atoms with Crippen molar-refractivity contribution in [1.82, 2.24) is 14.9 Å². The number of nitro groups is 1. The Hall–Kier alpha value is -1.92. The Morgan fingerprint density at radius 3 is 2.95 bits per heavy atom. The summed E-state index contributed by atoms with van der Waals surface area (Å²) in [6.07, 6.45) is 7.51. The summed E-state index contributed by atoms with van der Waals surface area (Å²) in [7, 11) is 0. The van der Waals surface area contributed by atoms with Crippen molar-refractivity contribution < 1.29 is 4.92 Å². The van der Waals surface area contributed by atoms with Gasteiger partial charge >= 0.3 is 0 Å². The zero-order valence-electron chi connectivity index (χ0n) is 11.5. The Kier molecular flexibility index (Phi) is 5.71. The van der Waals surface area contributed by atoms with E-state index in [1.165, 1.54) is 12.1 Å². The van der Waals surface area contributed by atoms with Crippen molar-refractivity contribution in [2.24, 2.45) is 0 Å². The van der Waals surface area contributed by atoms with E-state index in [4.69, 9.17) is 11.6 Å². The van der Waals surface area contributed by atoms with Gasteiger partial charge in [0.15, 0.2) is 0 Å². The average molecular weight is 309 g/mol. The number of unbranched alkanes of at least 4 members (excludes halogenated alkanes) is 1. The molecular weight excluding hydrogens is 292 g/mol. The van der Waals surface area contributed by atoms with Gasteiger partial charge in [-0.2, -0.15) is 0 Å². The van der Waals surface area contributed by atoms with Gasteiger partial charge < -0.3 is 9.88 Å². The summed E-state index contributed by atoms with van der Waals surface area (Å²) in [5.74, 6) is 0. The predicted octanol–water partition coefficient (Wildman–Crippen LogP) is 3.01. The highest BCUT2D eigenvalue weighted by atomic mass is 35.5. The van der Waals surface area contributed by atoms with Crippen LogP contribution in [0.1, 0.15) is 18.4 Å². The van der Waals surface area contributed by atoms with E-state index in [0.29, 0.717) is 17.1 Å². The van der Waals surface area contributed by atoms with E-state index in [0.717, 1.165) is 25.9 Å². The fourth-order valence-electron chi connectivity index (χ4n) is 2.06. The molecule has 0 spiro atoms. The number of halogens is 1. The number of hydrogen-bond acceptors (Lipinski definition) is 4. The molecular formula is C14H17ClN4O2. The predicted molar refractivity (Wildman–Crippen MR) is 81.3 cm³/mol. The fourth-order valence-corrected chi connectivity index (χ4v) is 2.25. The molecule has 7 heteroatoms. The number of imidazole rings is 1. The van der Waals surface area contributed by atoms with Crippen molar-refractivity contribution in [2.75, 3.05) is 6.54 Å². The Bertz CT molecular complexity index is 587. The summed E-state index contributed by atoms with van der Waals surface area (Å²) in [4.78, 5) is 14.5. The van der Waals surface area contributed by atoms with Gasteiger partial charge in [0.1, 0.15) is 0 Å². The minimum atomic E-state index is -0.383. The van der Waals surface area contributed by atoms with Crippen LogP contribution < -0.4 is 5.32 Å². The summed E-state index contributed by atoms with van der Waals surface area (Å²) in [6, 6.07) is 4.62. The zero-order valence-corrected chi connectivity index (χ0v) is 12.3. The average Bonchev–Trinajstić information content (AvgIpc) is 2.95. The van der Waals surface area contributed by atoms with E-state index in [1.807, 2.05) is 10.8 Å². The van der Waals surface area contributed by atoms with E-state index in [9.17, 15) is 10.1 Å². The van der Waals surface area contributed by atoms with Crippen LogP contribution in [0.4, 0.5) is 5.69 Å². The lowest BCUT2D eigenvalue weighted by Crippen LogP contribution is -2.16.